The summed E-state index contributed by atoms with van der Waals surface area (Å²) in [5.74, 6) is 0.586. The van der Waals surface area contributed by atoms with Gasteiger partial charge >= 0.3 is 5.97 Å². The largest absolute Gasteiger partial charge is 0.478 e. The molecule has 0 fully saturated rings. The first-order chi connectivity index (χ1) is 8.41. The van der Waals surface area contributed by atoms with E-state index in [1.807, 2.05) is 0 Å². The molecular formula is C14H22N2O2. The van der Waals surface area contributed by atoms with E-state index in [4.69, 9.17) is 0 Å². The van der Waals surface area contributed by atoms with Gasteiger partial charge in [-0.05, 0) is 24.0 Å². The summed E-state index contributed by atoms with van der Waals surface area (Å²) in [6.07, 6.45) is 1.65. The van der Waals surface area contributed by atoms with Gasteiger partial charge < -0.3 is 10.0 Å². The first-order valence-corrected chi connectivity index (χ1v) is 6.35. The van der Waals surface area contributed by atoms with Crippen molar-refractivity contribution in [1.82, 2.24) is 4.98 Å². The van der Waals surface area contributed by atoms with Gasteiger partial charge in [-0.25, -0.2) is 9.78 Å². The lowest BCUT2D eigenvalue weighted by Gasteiger charge is -2.28. The fourth-order valence-corrected chi connectivity index (χ4v) is 1.94. The van der Waals surface area contributed by atoms with Crippen LogP contribution in [0.15, 0.2) is 18.3 Å². The summed E-state index contributed by atoms with van der Waals surface area (Å²) in [5.41, 5.74) is 0.277. The number of carboxylic acid groups (broad SMARTS) is 1. The van der Waals surface area contributed by atoms with E-state index >= 15 is 0 Å². The van der Waals surface area contributed by atoms with E-state index in [1.54, 1.807) is 18.3 Å². The van der Waals surface area contributed by atoms with Crippen molar-refractivity contribution < 1.29 is 9.90 Å². The molecule has 4 heteroatoms. The molecule has 1 rings (SSSR count). The highest BCUT2D eigenvalue weighted by Gasteiger charge is 2.18. The average Bonchev–Trinajstić information content (AvgIpc) is 2.26. The van der Waals surface area contributed by atoms with Crippen molar-refractivity contribution in [1.29, 1.82) is 0 Å². The van der Waals surface area contributed by atoms with E-state index in [1.165, 1.54) is 0 Å². The predicted octanol–water partition coefficient (Wildman–Crippen LogP) is 2.90. The topological polar surface area (TPSA) is 53.4 Å². The number of pyridine rings is 1. The van der Waals surface area contributed by atoms with Gasteiger partial charge in [0.2, 0.25) is 0 Å². The van der Waals surface area contributed by atoms with Gasteiger partial charge in [0.15, 0.2) is 0 Å². The third-order valence-electron chi connectivity index (χ3n) is 2.49. The lowest BCUT2D eigenvalue weighted by Crippen LogP contribution is -2.33. The van der Waals surface area contributed by atoms with E-state index < -0.39 is 5.97 Å². The van der Waals surface area contributed by atoms with Gasteiger partial charge in [-0.2, -0.15) is 0 Å². The monoisotopic (exact) mass is 250 g/mol. The summed E-state index contributed by atoms with van der Waals surface area (Å²) in [6, 6.07) is 3.27. The fourth-order valence-electron chi connectivity index (χ4n) is 1.94. The van der Waals surface area contributed by atoms with Crippen LogP contribution in [0.5, 0.6) is 0 Å². The van der Waals surface area contributed by atoms with E-state index in [0.717, 1.165) is 13.1 Å². The third-order valence-corrected chi connectivity index (χ3v) is 2.49. The molecule has 1 heterocycles. The second-order valence-electron chi connectivity index (χ2n) is 5.37. The average molecular weight is 250 g/mol. The molecule has 0 aliphatic rings. The van der Waals surface area contributed by atoms with Gasteiger partial charge in [0.1, 0.15) is 11.4 Å². The highest BCUT2D eigenvalue weighted by Crippen LogP contribution is 2.19. The first-order valence-electron chi connectivity index (χ1n) is 6.35. The van der Waals surface area contributed by atoms with Crippen LogP contribution in [0.25, 0.3) is 0 Å². The minimum Gasteiger partial charge on any atom is -0.478 e. The second kappa shape index (κ2) is 6.38. The lowest BCUT2D eigenvalue weighted by molar-refractivity contribution is 0.0697. The van der Waals surface area contributed by atoms with Crippen LogP contribution in [-0.2, 0) is 0 Å². The van der Waals surface area contributed by atoms with Crippen molar-refractivity contribution in [3.8, 4) is 0 Å². The van der Waals surface area contributed by atoms with Gasteiger partial charge in [0, 0.05) is 19.3 Å². The molecule has 0 atom stereocenters. The van der Waals surface area contributed by atoms with Crippen LogP contribution in [0, 0.1) is 11.8 Å². The molecule has 18 heavy (non-hydrogen) atoms. The Morgan fingerprint density at radius 3 is 2.28 bits per heavy atom. The van der Waals surface area contributed by atoms with Crippen LogP contribution in [0.4, 0.5) is 5.82 Å². The predicted molar refractivity (Wildman–Crippen MR) is 73.1 cm³/mol. The first kappa shape index (κ1) is 14.5. The van der Waals surface area contributed by atoms with Crippen LogP contribution >= 0.6 is 0 Å². The molecule has 100 valence electrons. The third kappa shape index (κ3) is 4.02. The highest BCUT2D eigenvalue weighted by molar-refractivity contribution is 5.93. The second-order valence-corrected chi connectivity index (χ2v) is 5.37. The number of nitrogens with zero attached hydrogens (tertiary/aromatic N) is 2. The molecule has 1 N–H and O–H groups in total. The van der Waals surface area contributed by atoms with Crippen molar-refractivity contribution >= 4 is 11.8 Å². The van der Waals surface area contributed by atoms with Gasteiger partial charge in [0.25, 0.3) is 0 Å². The molecule has 0 saturated heterocycles. The molecule has 1 aromatic rings. The van der Waals surface area contributed by atoms with Crippen molar-refractivity contribution in [3.63, 3.8) is 0 Å². The van der Waals surface area contributed by atoms with Crippen LogP contribution in [0.1, 0.15) is 38.1 Å². The zero-order valence-electron chi connectivity index (χ0n) is 11.6. The molecule has 0 bridgehead atoms. The summed E-state index contributed by atoms with van der Waals surface area (Å²) in [5, 5.41) is 9.22. The van der Waals surface area contributed by atoms with Gasteiger partial charge in [-0.1, -0.05) is 27.7 Å². The number of aromatic carboxylic acids is 1. The lowest BCUT2D eigenvalue weighted by atomic mass is 10.1. The maximum Gasteiger partial charge on any atom is 0.339 e. The van der Waals surface area contributed by atoms with Gasteiger partial charge in [-0.15, -0.1) is 0 Å². The summed E-state index contributed by atoms with van der Waals surface area (Å²) in [6.45, 7) is 10.1. The minimum atomic E-state index is -0.921. The Morgan fingerprint density at radius 2 is 1.83 bits per heavy atom. The SMILES string of the molecule is CC(C)CN(CC(C)C)c1ncccc1C(=O)O. The Hall–Kier alpha value is -1.58. The Kier molecular flexibility index (Phi) is 5.13. The van der Waals surface area contributed by atoms with Crippen LogP contribution in [0.2, 0.25) is 0 Å². The van der Waals surface area contributed by atoms with Crippen LogP contribution in [0.3, 0.4) is 0 Å². The molecule has 1 aromatic heterocycles. The number of rotatable bonds is 6. The van der Waals surface area contributed by atoms with Crippen LogP contribution in [-0.4, -0.2) is 29.1 Å². The van der Waals surface area contributed by atoms with Gasteiger partial charge in [0.05, 0.1) is 0 Å². The molecule has 0 aliphatic heterocycles. The summed E-state index contributed by atoms with van der Waals surface area (Å²) >= 11 is 0. The number of carboxylic acids is 1. The number of anilines is 1. The van der Waals surface area contributed by atoms with Crippen molar-refractivity contribution in [2.75, 3.05) is 18.0 Å². The number of aromatic nitrogens is 1. The molecular weight excluding hydrogens is 228 g/mol. The zero-order chi connectivity index (χ0) is 13.7. The summed E-state index contributed by atoms with van der Waals surface area (Å²) in [4.78, 5) is 17.6. The standard InChI is InChI=1S/C14H22N2O2/c1-10(2)8-16(9-11(3)4)13-12(14(17)18)6-5-7-15-13/h5-7,10-11H,8-9H2,1-4H3,(H,17,18). The fraction of sp³-hybridized carbons (Fsp3) is 0.571. The Balaban J connectivity index is 3.07. The van der Waals surface area contributed by atoms with E-state index in [-0.39, 0.29) is 5.56 Å². The Labute approximate surface area is 109 Å². The number of carbonyl (C=O) groups is 1. The zero-order valence-corrected chi connectivity index (χ0v) is 11.6. The number of hydrogen-bond donors (Lipinski definition) is 1. The van der Waals surface area contributed by atoms with Crippen molar-refractivity contribution in [2.24, 2.45) is 11.8 Å². The molecule has 0 amide bonds. The maximum absolute atomic E-state index is 11.2. The number of hydrogen-bond acceptors (Lipinski definition) is 3. The molecule has 0 spiro atoms. The molecule has 4 nitrogen and oxygen atoms in total. The quantitative estimate of drug-likeness (QED) is 0.843. The molecule has 0 saturated carbocycles. The van der Waals surface area contributed by atoms with E-state index in [9.17, 15) is 9.90 Å². The summed E-state index contributed by atoms with van der Waals surface area (Å²) < 4.78 is 0. The van der Waals surface area contributed by atoms with E-state index in [0.29, 0.717) is 17.7 Å². The van der Waals surface area contributed by atoms with Crippen LogP contribution < -0.4 is 4.90 Å². The highest BCUT2D eigenvalue weighted by atomic mass is 16.4. The Morgan fingerprint density at radius 1 is 1.28 bits per heavy atom. The van der Waals surface area contributed by atoms with Crippen molar-refractivity contribution in [2.45, 2.75) is 27.7 Å². The summed E-state index contributed by atoms with van der Waals surface area (Å²) in [7, 11) is 0. The smallest absolute Gasteiger partial charge is 0.339 e. The van der Waals surface area contributed by atoms with E-state index in [2.05, 4.69) is 37.6 Å². The normalized spacial score (nSPS) is 11.0. The maximum atomic E-state index is 11.2. The minimum absolute atomic E-state index is 0.277. The molecule has 0 aromatic carbocycles. The van der Waals surface area contributed by atoms with Gasteiger partial charge in [-0.3, -0.25) is 0 Å². The molecule has 0 aliphatic carbocycles. The molecule has 0 unspecified atom stereocenters. The molecule has 0 radical (unpaired) electrons. The van der Waals surface area contributed by atoms with Crippen molar-refractivity contribution in [3.05, 3.63) is 23.9 Å². The Bertz CT molecular complexity index is 393.